The average molecular weight is 313 g/mol. The van der Waals surface area contributed by atoms with E-state index in [4.69, 9.17) is 11.6 Å². The molecule has 1 saturated carbocycles. The van der Waals surface area contributed by atoms with Crippen molar-refractivity contribution in [2.45, 2.75) is 65.3 Å². The SMILES string of the molecule is CC1CCC(CCn2c(=O)[nH]c(Cl)c(C(C)C)c2=O)CC1. The molecule has 0 amide bonds. The van der Waals surface area contributed by atoms with Crippen LogP contribution in [0.5, 0.6) is 0 Å². The van der Waals surface area contributed by atoms with Crippen LogP contribution in [0.2, 0.25) is 5.15 Å². The molecule has 0 saturated heterocycles. The minimum absolute atomic E-state index is 0.00336. The molecule has 0 bridgehead atoms. The quantitative estimate of drug-likeness (QED) is 0.865. The topological polar surface area (TPSA) is 54.9 Å². The average Bonchev–Trinajstić information content (AvgIpc) is 2.39. The van der Waals surface area contributed by atoms with Crippen molar-refractivity contribution in [1.82, 2.24) is 9.55 Å². The van der Waals surface area contributed by atoms with Crippen molar-refractivity contribution in [2.75, 3.05) is 0 Å². The molecule has 1 fully saturated rings. The molecule has 1 aliphatic carbocycles. The second kappa shape index (κ2) is 6.82. The number of aromatic amines is 1. The van der Waals surface area contributed by atoms with Gasteiger partial charge in [-0.3, -0.25) is 14.3 Å². The molecule has 1 heterocycles. The number of aromatic nitrogens is 2. The zero-order valence-electron chi connectivity index (χ0n) is 13.1. The predicted octanol–water partition coefficient (Wildman–Crippen LogP) is 3.53. The molecule has 118 valence electrons. The summed E-state index contributed by atoms with van der Waals surface area (Å²) in [6.07, 6.45) is 5.83. The lowest BCUT2D eigenvalue weighted by atomic mass is 9.81. The number of hydrogen-bond donors (Lipinski definition) is 1. The van der Waals surface area contributed by atoms with Gasteiger partial charge in [-0.05, 0) is 24.2 Å². The van der Waals surface area contributed by atoms with E-state index in [1.54, 1.807) is 0 Å². The Kier molecular flexibility index (Phi) is 5.31. The summed E-state index contributed by atoms with van der Waals surface area (Å²) >= 11 is 6.00. The van der Waals surface area contributed by atoms with E-state index in [2.05, 4.69) is 11.9 Å². The van der Waals surface area contributed by atoms with Gasteiger partial charge in [0.2, 0.25) is 0 Å². The van der Waals surface area contributed by atoms with Crippen molar-refractivity contribution < 1.29 is 0 Å². The van der Waals surface area contributed by atoms with Crippen LogP contribution in [0, 0.1) is 11.8 Å². The molecule has 1 aromatic heterocycles. The summed E-state index contributed by atoms with van der Waals surface area (Å²) in [4.78, 5) is 27.0. The van der Waals surface area contributed by atoms with Gasteiger partial charge >= 0.3 is 5.69 Å². The third kappa shape index (κ3) is 3.79. The van der Waals surface area contributed by atoms with Gasteiger partial charge in [-0.2, -0.15) is 0 Å². The van der Waals surface area contributed by atoms with Gasteiger partial charge in [-0.15, -0.1) is 0 Å². The molecule has 0 radical (unpaired) electrons. The maximum absolute atomic E-state index is 12.4. The Morgan fingerprint density at radius 3 is 2.43 bits per heavy atom. The monoisotopic (exact) mass is 312 g/mol. The highest BCUT2D eigenvalue weighted by Gasteiger charge is 2.20. The van der Waals surface area contributed by atoms with E-state index in [0.29, 0.717) is 18.0 Å². The number of rotatable bonds is 4. The zero-order chi connectivity index (χ0) is 15.6. The van der Waals surface area contributed by atoms with E-state index in [1.807, 2.05) is 13.8 Å². The van der Waals surface area contributed by atoms with E-state index >= 15 is 0 Å². The molecule has 0 aliphatic heterocycles. The van der Waals surface area contributed by atoms with Gasteiger partial charge in [-0.1, -0.05) is 58.1 Å². The van der Waals surface area contributed by atoms with Crippen molar-refractivity contribution >= 4 is 11.6 Å². The summed E-state index contributed by atoms with van der Waals surface area (Å²) in [6, 6.07) is 0. The molecule has 0 unspecified atom stereocenters. The van der Waals surface area contributed by atoms with E-state index in [9.17, 15) is 9.59 Å². The Labute approximate surface area is 130 Å². The van der Waals surface area contributed by atoms with Crippen molar-refractivity contribution in [3.8, 4) is 0 Å². The molecule has 0 spiro atoms. The van der Waals surface area contributed by atoms with Crippen molar-refractivity contribution in [1.29, 1.82) is 0 Å². The molecular weight excluding hydrogens is 288 g/mol. The highest BCUT2D eigenvalue weighted by Crippen LogP contribution is 2.30. The maximum atomic E-state index is 12.4. The fourth-order valence-electron chi connectivity index (χ4n) is 3.19. The number of nitrogens with one attached hydrogen (secondary N) is 1. The standard InChI is InChI=1S/C16H25ClN2O2/c1-10(2)13-14(17)18-16(21)19(15(13)20)9-8-12-6-4-11(3)5-7-12/h10-12H,4-9H2,1-3H3,(H,18,21). The highest BCUT2D eigenvalue weighted by molar-refractivity contribution is 6.30. The highest BCUT2D eigenvalue weighted by atomic mass is 35.5. The van der Waals surface area contributed by atoms with Gasteiger partial charge in [-0.25, -0.2) is 4.79 Å². The summed E-state index contributed by atoms with van der Waals surface area (Å²) in [5.74, 6) is 1.45. The van der Waals surface area contributed by atoms with Crippen molar-refractivity contribution in [3.63, 3.8) is 0 Å². The van der Waals surface area contributed by atoms with Crippen LogP contribution >= 0.6 is 11.6 Å². The number of nitrogens with zero attached hydrogens (tertiary/aromatic N) is 1. The molecule has 0 aromatic carbocycles. The largest absolute Gasteiger partial charge is 0.329 e. The van der Waals surface area contributed by atoms with E-state index < -0.39 is 5.69 Å². The lowest BCUT2D eigenvalue weighted by molar-refractivity contribution is 0.266. The number of halogens is 1. The Balaban J connectivity index is 2.15. The fraction of sp³-hybridized carbons (Fsp3) is 0.750. The van der Waals surface area contributed by atoms with Crippen LogP contribution in [-0.2, 0) is 6.54 Å². The first kappa shape index (κ1) is 16.3. The van der Waals surface area contributed by atoms with E-state index in [0.717, 1.165) is 12.3 Å². The number of H-pyrrole nitrogens is 1. The lowest BCUT2D eigenvalue weighted by Gasteiger charge is -2.26. The van der Waals surface area contributed by atoms with Gasteiger partial charge in [0.1, 0.15) is 5.15 Å². The normalized spacial score (nSPS) is 22.7. The summed E-state index contributed by atoms with van der Waals surface area (Å²) in [7, 11) is 0. The molecular formula is C16H25ClN2O2. The summed E-state index contributed by atoms with van der Waals surface area (Å²) in [5.41, 5.74) is -0.116. The summed E-state index contributed by atoms with van der Waals surface area (Å²) in [6.45, 7) is 6.60. The van der Waals surface area contributed by atoms with Gasteiger partial charge in [0.25, 0.3) is 5.56 Å². The van der Waals surface area contributed by atoms with Crippen molar-refractivity contribution in [3.05, 3.63) is 31.6 Å². The Morgan fingerprint density at radius 1 is 1.24 bits per heavy atom. The first-order chi connectivity index (χ1) is 9.90. The summed E-state index contributed by atoms with van der Waals surface area (Å²) in [5, 5.41) is 0.183. The fourth-order valence-corrected chi connectivity index (χ4v) is 3.57. The molecule has 2 rings (SSSR count). The molecule has 21 heavy (non-hydrogen) atoms. The van der Waals surface area contributed by atoms with Gasteiger partial charge in [0, 0.05) is 6.54 Å². The van der Waals surface area contributed by atoms with E-state index in [1.165, 1.54) is 30.3 Å². The van der Waals surface area contributed by atoms with Crippen LogP contribution in [0.15, 0.2) is 9.59 Å². The second-order valence-corrected chi connectivity index (χ2v) is 7.06. The Bertz CT molecular complexity index is 595. The van der Waals surface area contributed by atoms with Crippen LogP contribution in [0.1, 0.15) is 64.4 Å². The molecule has 4 nitrogen and oxygen atoms in total. The first-order valence-corrected chi connectivity index (χ1v) is 8.30. The van der Waals surface area contributed by atoms with Crippen LogP contribution in [-0.4, -0.2) is 9.55 Å². The molecule has 1 aliphatic rings. The minimum atomic E-state index is -0.390. The molecule has 0 atom stereocenters. The van der Waals surface area contributed by atoms with Crippen LogP contribution in [0.25, 0.3) is 0 Å². The van der Waals surface area contributed by atoms with Gasteiger partial charge in [0.05, 0.1) is 5.56 Å². The molecule has 1 aromatic rings. The molecule has 5 heteroatoms. The minimum Gasteiger partial charge on any atom is -0.297 e. The second-order valence-electron chi connectivity index (χ2n) is 6.68. The smallest absolute Gasteiger partial charge is 0.297 e. The predicted molar refractivity (Wildman–Crippen MR) is 86.2 cm³/mol. The lowest BCUT2D eigenvalue weighted by Crippen LogP contribution is -2.38. The van der Waals surface area contributed by atoms with Crippen LogP contribution in [0.4, 0.5) is 0 Å². The Hall–Kier alpha value is -1.03. The number of hydrogen-bond acceptors (Lipinski definition) is 2. The van der Waals surface area contributed by atoms with Gasteiger partial charge < -0.3 is 0 Å². The summed E-state index contributed by atoms with van der Waals surface area (Å²) < 4.78 is 1.32. The van der Waals surface area contributed by atoms with Crippen molar-refractivity contribution in [2.24, 2.45) is 11.8 Å². The first-order valence-electron chi connectivity index (χ1n) is 7.92. The third-order valence-corrected chi connectivity index (χ3v) is 4.95. The van der Waals surface area contributed by atoms with E-state index in [-0.39, 0.29) is 16.6 Å². The Morgan fingerprint density at radius 2 is 1.86 bits per heavy atom. The third-order valence-electron chi connectivity index (χ3n) is 4.65. The maximum Gasteiger partial charge on any atom is 0.329 e. The molecule has 1 N–H and O–H groups in total. The zero-order valence-corrected chi connectivity index (χ0v) is 13.9. The van der Waals surface area contributed by atoms with Crippen LogP contribution in [0.3, 0.4) is 0 Å². The van der Waals surface area contributed by atoms with Gasteiger partial charge in [0.15, 0.2) is 0 Å². The van der Waals surface area contributed by atoms with Crippen LogP contribution < -0.4 is 11.2 Å².